The molecule has 22 heavy (non-hydrogen) atoms. The van der Waals surface area contributed by atoms with Crippen LogP contribution >= 0.6 is 22.6 Å². The Morgan fingerprint density at radius 2 is 1.91 bits per heavy atom. The summed E-state index contributed by atoms with van der Waals surface area (Å²) in [6.07, 6.45) is 0. The molecule has 0 unspecified atom stereocenters. The number of halogens is 1. The van der Waals surface area contributed by atoms with Gasteiger partial charge in [-0.1, -0.05) is 12.1 Å². The van der Waals surface area contributed by atoms with Gasteiger partial charge in [-0.05, 0) is 59.0 Å². The molecule has 0 aliphatic carbocycles. The van der Waals surface area contributed by atoms with Gasteiger partial charge in [-0.25, -0.2) is 4.79 Å². The Bertz CT molecular complexity index is 687. The van der Waals surface area contributed by atoms with E-state index in [1.165, 1.54) is 13.2 Å². The van der Waals surface area contributed by atoms with Crippen molar-refractivity contribution in [2.75, 3.05) is 19.0 Å². The van der Waals surface area contributed by atoms with Crippen molar-refractivity contribution in [2.24, 2.45) is 0 Å². The van der Waals surface area contributed by atoms with E-state index in [-0.39, 0.29) is 12.5 Å². The fourth-order valence-electron chi connectivity index (χ4n) is 1.74. The van der Waals surface area contributed by atoms with Gasteiger partial charge in [0, 0.05) is 9.26 Å². The van der Waals surface area contributed by atoms with Gasteiger partial charge in [0.15, 0.2) is 6.61 Å². The third kappa shape index (κ3) is 4.73. The number of hydrogen-bond acceptors (Lipinski definition) is 4. The van der Waals surface area contributed by atoms with Gasteiger partial charge in [-0.3, -0.25) is 4.79 Å². The average molecular weight is 411 g/mol. The predicted molar refractivity (Wildman–Crippen MR) is 91.1 cm³/mol. The summed E-state index contributed by atoms with van der Waals surface area (Å²) in [4.78, 5) is 23.3. The largest absolute Gasteiger partial charge is 0.484 e. The van der Waals surface area contributed by atoms with E-state index in [1.54, 1.807) is 24.3 Å². The second-order valence-electron chi connectivity index (χ2n) is 4.37. The topological polar surface area (TPSA) is 64.6 Å². The highest BCUT2D eigenvalue weighted by atomic mass is 127. The van der Waals surface area contributed by atoms with E-state index >= 15 is 0 Å². The van der Waals surface area contributed by atoms with Crippen molar-refractivity contribution in [1.82, 2.24) is 0 Å². The summed E-state index contributed by atoms with van der Waals surface area (Å²) in [6.45, 7) is -0.143. The Labute approximate surface area is 141 Å². The zero-order chi connectivity index (χ0) is 15.9. The summed E-state index contributed by atoms with van der Waals surface area (Å²) < 4.78 is 11.0. The molecule has 0 spiro atoms. The molecule has 0 bridgehead atoms. The molecule has 6 heteroatoms. The Morgan fingerprint density at radius 1 is 1.14 bits per heavy atom. The van der Waals surface area contributed by atoms with Crippen LogP contribution in [0.4, 0.5) is 5.69 Å². The molecule has 2 aromatic carbocycles. The SMILES string of the molecule is COC(=O)c1cccc(OCC(=O)Nc2cccc(I)c2)c1. The molecular formula is C16H14INO4. The smallest absolute Gasteiger partial charge is 0.337 e. The highest BCUT2D eigenvalue weighted by Crippen LogP contribution is 2.15. The molecule has 0 aliphatic rings. The molecule has 0 aromatic heterocycles. The molecule has 114 valence electrons. The van der Waals surface area contributed by atoms with Gasteiger partial charge in [0.2, 0.25) is 0 Å². The van der Waals surface area contributed by atoms with Crippen LogP contribution in [0, 0.1) is 3.57 Å². The first kappa shape index (κ1) is 16.3. The molecule has 0 heterocycles. The highest BCUT2D eigenvalue weighted by Gasteiger charge is 2.08. The number of ether oxygens (including phenoxy) is 2. The molecule has 1 amide bonds. The minimum Gasteiger partial charge on any atom is -0.484 e. The lowest BCUT2D eigenvalue weighted by Crippen LogP contribution is -2.20. The third-order valence-corrected chi connectivity index (χ3v) is 3.40. The molecule has 0 saturated heterocycles. The summed E-state index contributed by atoms with van der Waals surface area (Å²) in [5.41, 5.74) is 1.09. The van der Waals surface area contributed by atoms with Crippen LogP contribution < -0.4 is 10.1 Å². The third-order valence-electron chi connectivity index (χ3n) is 2.73. The number of carbonyl (C=O) groups is 2. The van der Waals surface area contributed by atoms with E-state index in [4.69, 9.17) is 4.74 Å². The highest BCUT2D eigenvalue weighted by molar-refractivity contribution is 14.1. The number of hydrogen-bond donors (Lipinski definition) is 1. The molecule has 0 fully saturated rings. The maximum absolute atomic E-state index is 11.8. The van der Waals surface area contributed by atoms with Gasteiger partial charge in [-0.2, -0.15) is 0 Å². The van der Waals surface area contributed by atoms with Gasteiger partial charge in [0.05, 0.1) is 12.7 Å². The molecule has 2 aromatic rings. The van der Waals surface area contributed by atoms with Crippen molar-refractivity contribution in [2.45, 2.75) is 0 Å². The number of benzene rings is 2. The van der Waals surface area contributed by atoms with Crippen molar-refractivity contribution >= 4 is 40.2 Å². The minimum absolute atomic E-state index is 0.143. The number of amides is 1. The number of esters is 1. The van der Waals surface area contributed by atoms with E-state index in [1.807, 2.05) is 18.2 Å². The van der Waals surface area contributed by atoms with Crippen LogP contribution in [0.3, 0.4) is 0 Å². The standard InChI is InChI=1S/C16H14INO4/c1-21-16(20)11-4-2-7-14(8-11)22-10-15(19)18-13-6-3-5-12(17)9-13/h2-9H,10H2,1H3,(H,18,19). The first-order valence-electron chi connectivity index (χ1n) is 6.45. The zero-order valence-corrected chi connectivity index (χ0v) is 14.0. The summed E-state index contributed by atoms with van der Waals surface area (Å²) in [5.74, 6) is -0.292. The van der Waals surface area contributed by atoms with Crippen molar-refractivity contribution in [1.29, 1.82) is 0 Å². The van der Waals surface area contributed by atoms with Crippen LogP contribution in [-0.4, -0.2) is 25.6 Å². The van der Waals surface area contributed by atoms with E-state index in [0.717, 1.165) is 3.57 Å². The molecule has 0 aliphatic heterocycles. The van der Waals surface area contributed by atoms with E-state index in [9.17, 15) is 9.59 Å². The molecule has 0 atom stereocenters. The molecule has 0 radical (unpaired) electrons. The molecule has 5 nitrogen and oxygen atoms in total. The molecule has 2 rings (SSSR count). The summed E-state index contributed by atoms with van der Waals surface area (Å²) in [6, 6.07) is 13.9. The number of methoxy groups -OCH3 is 1. The van der Waals surface area contributed by atoms with Crippen LogP contribution in [0.1, 0.15) is 10.4 Å². The van der Waals surface area contributed by atoms with Crippen LogP contribution in [0.25, 0.3) is 0 Å². The summed E-state index contributed by atoms with van der Waals surface area (Å²) >= 11 is 2.17. The van der Waals surface area contributed by atoms with E-state index < -0.39 is 5.97 Å². The van der Waals surface area contributed by atoms with Gasteiger partial charge < -0.3 is 14.8 Å². The fraction of sp³-hybridized carbons (Fsp3) is 0.125. The Kier molecular flexibility index (Phi) is 5.76. The zero-order valence-electron chi connectivity index (χ0n) is 11.8. The van der Waals surface area contributed by atoms with Crippen molar-refractivity contribution in [3.63, 3.8) is 0 Å². The first-order valence-corrected chi connectivity index (χ1v) is 7.53. The molecule has 1 N–H and O–H groups in total. The van der Waals surface area contributed by atoms with Crippen LogP contribution in [-0.2, 0) is 9.53 Å². The van der Waals surface area contributed by atoms with Crippen molar-refractivity contribution in [3.8, 4) is 5.75 Å². The normalized spacial score (nSPS) is 9.91. The first-order chi connectivity index (χ1) is 10.6. The lowest BCUT2D eigenvalue weighted by molar-refractivity contribution is -0.118. The summed E-state index contributed by atoms with van der Waals surface area (Å²) in [5, 5.41) is 2.74. The molecule has 0 saturated carbocycles. The maximum Gasteiger partial charge on any atom is 0.337 e. The predicted octanol–water partition coefficient (Wildman–Crippen LogP) is 3.10. The second-order valence-corrected chi connectivity index (χ2v) is 5.61. The Balaban J connectivity index is 1.92. The van der Waals surface area contributed by atoms with Crippen LogP contribution in [0.5, 0.6) is 5.75 Å². The fourth-order valence-corrected chi connectivity index (χ4v) is 2.29. The van der Waals surface area contributed by atoms with Crippen LogP contribution in [0.2, 0.25) is 0 Å². The Morgan fingerprint density at radius 3 is 2.64 bits per heavy atom. The average Bonchev–Trinajstić information content (AvgIpc) is 2.52. The van der Waals surface area contributed by atoms with E-state index in [2.05, 4.69) is 32.6 Å². The maximum atomic E-state index is 11.8. The molecular weight excluding hydrogens is 397 g/mol. The quantitative estimate of drug-likeness (QED) is 0.607. The lowest BCUT2D eigenvalue weighted by atomic mass is 10.2. The minimum atomic E-state index is -0.450. The summed E-state index contributed by atoms with van der Waals surface area (Å²) in [7, 11) is 1.31. The number of rotatable bonds is 5. The number of carbonyl (C=O) groups excluding carboxylic acids is 2. The van der Waals surface area contributed by atoms with Gasteiger partial charge in [0.1, 0.15) is 5.75 Å². The number of anilines is 1. The lowest BCUT2D eigenvalue weighted by Gasteiger charge is -2.08. The van der Waals surface area contributed by atoms with Crippen molar-refractivity contribution in [3.05, 3.63) is 57.7 Å². The van der Waals surface area contributed by atoms with Gasteiger partial charge in [0.25, 0.3) is 5.91 Å². The Hall–Kier alpha value is -2.09. The van der Waals surface area contributed by atoms with Crippen molar-refractivity contribution < 1.29 is 19.1 Å². The van der Waals surface area contributed by atoms with Gasteiger partial charge >= 0.3 is 5.97 Å². The van der Waals surface area contributed by atoms with E-state index in [0.29, 0.717) is 17.0 Å². The second kappa shape index (κ2) is 7.79. The van der Waals surface area contributed by atoms with Crippen LogP contribution in [0.15, 0.2) is 48.5 Å². The number of nitrogens with one attached hydrogen (secondary N) is 1. The van der Waals surface area contributed by atoms with Gasteiger partial charge in [-0.15, -0.1) is 0 Å². The monoisotopic (exact) mass is 411 g/mol.